The lowest BCUT2D eigenvalue weighted by Gasteiger charge is -2.33. The predicted octanol–water partition coefficient (Wildman–Crippen LogP) is 3.30. The first kappa shape index (κ1) is 19.3. The fourth-order valence-electron chi connectivity index (χ4n) is 3.80. The number of aromatic nitrogens is 3. The number of anilines is 1. The van der Waals surface area contributed by atoms with Crippen LogP contribution < -0.4 is 4.90 Å². The smallest absolute Gasteiger partial charge is 0.131 e. The zero-order valence-electron chi connectivity index (χ0n) is 16.1. The standard InChI is InChI=1S/C21H25ClN4O2/c1-27-19-4-8-25(9-5-19)20-12-21(22)23-14-17(20)3-2-16-13-24-26(15-16)18-6-10-28-11-7-18/h12-15,18-19H,4-11H2,1H3. The van der Waals surface area contributed by atoms with Gasteiger partial charge in [0, 0.05) is 51.9 Å². The molecule has 2 saturated heterocycles. The summed E-state index contributed by atoms with van der Waals surface area (Å²) in [6, 6.07) is 2.31. The zero-order chi connectivity index (χ0) is 19.3. The van der Waals surface area contributed by atoms with Gasteiger partial charge in [0.1, 0.15) is 5.15 Å². The van der Waals surface area contributed by atoms with Crippen LogP contribution in [-0.4, -0.2) is 54.3 Å². The fraction of sp³-hybridized carbons (Fsp3) is 0.524. The van der Waals surface area contributed by atoms with Crippen LogP contribution in [0.25, 0.3) is 0 Å². The molecule has 0 N–H and O–H groups in total. The van der Waals surface area contributed by atoms with E-state index in [-0.39, 0.29) is 0 Å². The molecular weight excluding hydrogens is 376 g/mol. The van der Waals surface area contributed by atoms with Crippen LogP contribution in [0.15, 0.2) is 24.7 Å². The Labute approximate surface area is 170 Å². The van der Waals surface area contributed by atoms with Crippen LogP contribution in [-0.2, 0) is 9.47 Å². The van der Waals surface area contributed by atoms with Crippen LogP contribution in [0.3, 0.4) is 0 Å². The molecule has 2 aromatic heterocycles. The van der Waals surface area contributed by atoms with Crippen molar-refractivity contribution >= 4 is 17.3 Å². The van der Waals surface area contributed by atoms with Gasteiger partial charge >= 0.3 is 0 Å². The van der Waals surface area contributed by atoms with Crippen molar-refractivity contribution in [1.29, 1.82) is 0 Å². The van der Waals surface area contributed by atoms with E-state index in [0.29, 0.717) is 17.3 Å². The number of rotatable bonds is 3. The first-order chi connectivity index (χ1) is 13.7. The van der Waals surface area contributed by atoms with Crippen molar-refractivity contribution in [2.45, 2.75) is 37.8 Å². The Morgan fingerprint density at radius 3 is 2.68 bits per heavy atom. The second-order valence-corrected chi connectivity index (χ2v) is 7.64. The quantitative estimate of drug-likeness (QED) is 0.584. The van der Waals surface area contributed by atoms with Gasteiger partial charge in [-0.15, -0.1) is 0 Å². The molecule has 2 aromatic rings. The highest BCUT2D eigenvalue weighted by atomic mass is 35.5. The van der Waals surface area contributed by atoms with Gasteiger partial charge < -0.3 is 14.4 Å². The second-order valence-electron chi connectivity index (χ2n) is 7.25. The van der Waals surface area contributed by atoms with E-state index in [1.165, 1.54) is 0 Å². The van der Waals surface area contributed by atoms with Crippen LogP contribution in [0.5, 0.6) is 0 Å². The van der Waals surface area contributed by atoms with Gasteiger partial charge in [0.2, 0.25) is 0 Å². The SMILES string of the molecule is COC1CCN(c2cc(Cl)ncc2C#Cc2cnn(C3CCOCC3)c2)CC1. The average molecular weight is 401 g/mol. The minimum Gasteiger partial charge on any atom is -0.381 e. The van der Waals surface area contributed by atoms with E-state index < -0.39 is 0 Å². The maximum Gasteiger partial charge on any atom is 0.131 e. The van der Waals surface area contributed by atoms with Crippen LogP contribution in [0.2, 0.25) is 5.15 Å². The molecule has 6 nitrogen and oxygen atoms in total. The Hall–Kier alpha value is -2.07. The van der Waals surface area contributed by atoms with Gasteiger partial charge in [-0.1, -0.05) is 23.4 Å². The molecule has 0 spiro atoms. The number of methoxy groups -OCH3 is 1. The Kier molecular flexibility index (Phi) is 6.16. The van der Waals surface area contributed by atoms with E-state index in [4.69, 9.17) is 21.1 Å². The first-order valence-corrected chi connectivity index (χ1v) is 10.2. The molecule has 0 radical (unpaired) electrons. The molecule has 0 aromatic carbocycles. The van der Waals surface area contributed by atoms with Gasteiger partial charge in [-0.3, -0.25) is 4.68 Å². The summed E-state index contributed by atoms with van der Waals surface area (Å²) < 4.78 is 12.9. The molecule has 4 heterocycles. The van der Waals surface area contributed by atoms with Gasteiger partial charge in [-0.25, -0.2) is 4.98 Å². The lowest BCUT2D eigenvalue weighted by molar-refractivity contribution is 0.0662. The third kappa shape index (κ3) is 4.49. The Bertz CT molecular complexity index is 859. The number of ether oxygens (including phenoxy) is 2. The highest BCUT2D eigenvalue weighted by Gasteiger charge is 2.21. The molecule has 0 bridgehead atoms. The first-order valence-electron chi connectivity index (χ1n) is 9.80. The van der Waals surface area contributed by atoms with Crippen molar-refractivity contribution in [2.24, 2.45) is 0 Å². The summed E-state index contributed by atoms with van der Waals surface area (Å²) in [4.78, 5) is 6.55. The highest BCUT2D eigenvalue weighted by molar-refractivity contribution is 6.29. The summed E-state index contributed by atoms with van der Waals surface area (Å²) in [5.74, 6) is 6.51. The number of pyridine rings is 1. The number of nitrogens with zero attached hydrogens (tertiary/aromatic N) is 4. The molecule has 4 rings (SSSR count). The molecule has 2 aliphatic heterocycles. The molecule has 7 heteroatoms. The van der Waals surface area contributed by atoms with Crippen molar-refractivity contribution in [3.63, 3.8) is 0 Å². The molecule has 0 aliphatic carbocycles. The average Bonchev–Trinajstić information content (AvgIpc) is 3.23. The van der Waals surface area contributed by atoms with E-state index in [1.54, 1.807) is 13.3 Å². The van der Waals surface area contributed by atoms with Gasteiger partial charge in [0.25, 0.3) is 0 Å². The number of hydrogen-bond acceptors (Lipinski definition) is 5. The second kappa shape index (κ2) is 8.95. The summed E-state index contributed by atoms with van der Waals surface area (Å²) in [6.07, 6.45) is 9.94. The van der Waals surface area contributed by atoms with Crippen molar-refractivity contribution in [3.05, 3.63) is 40.9 Å². The molecule has 148 valence electrons. The topological polar surface area (TPSA) is 52.4 Å². The van der Waals surface area contributed by atoms with E-state index >= 15 is 0 Å². The monoisotopic (exact) mass is 400 g/mol. The maximum atomic E-state index is 6.16. The van der Waals surface area contributed by atoms with E-state index in [2.05, 4.69) is 26.8 Å². The molecule has 0 unspecified atom stereocenters. The van der Waals surface area contributed by atoms with E-state index in [0.717, 1.165) is 68.8 Å². The Morgan fingerprint density at radius 2 is 1.93 bits per heavy atom. The minimum absolute atomic E-state index is 0.333. The third-order valence-corrected chi connectivity index (χ3v) is 5.68. The number of halogens is 1. The van der Waals surface area contributed by atoms with Crippen molar-refractivity contribution in [2.75, 3.05) is 38.3 Å². The minimum atomic E-state index is 0.333. The van der Waals surface area contributed by atoms with Crippen molar-refractivity contribution in [1.82, 2.24) is 14.8 Å². The number of piperidine rings is 1. The summed E-state index contributed by atoms with van der Waals surface area (Å²) in [6.45, 7) is 3.45. The third-order valence-electron chi connectivity index (χ3n) is 5.47. The lowest BCUT2D eigenvalue weighted by atomic mass is 10.1. The summed E-state index contributed by atoms with van der Waals surface area (Å²) in [7, 11) is 1.78. The van der Waals surface area contributed by atoms with Crippen molar-refractivity contribution < 1.29 is 9.47 Å². The van der Waals surface area contributed by atoms with Gasteiger partial charge in [0.15, 0.2) is 0 Å². The predicted molar refractivity (Wildman–Crippen MR) is 109 cm³/mol. The fourth-order valence-corrected chi connectivity index (χ4v) is 3.95. The summed E-state index contributed by atoms with van der Waals surface area (Å²) >= 11 is 6.16. The van der Waals surface area contributed by atoms with Gasteiger partial charge in [0.05, 0.1) is 35.2 Å². The molecular formula is C21H25ClN4O2. The van der Waals surface area contributed by atoms with Crippen LogP contribution >= 0.6 is 11.6 Å². The van der Waals surface area contributed by atoms with E-state index in [1.807, 2.05) is 23.1 Å². The highest BCUT2D eigenvalue weighted by Crippen LogP contribution is 2.26. The molecule has 2 fully saturated rings. The zero-order valence-corrected chi connectivity index (χ0v) is 16.9. The molecule has 0 saturated carbocycles. The molecule has 28 heavy (non-hydrogen) atoms. The largest absolute Gasteiger partial charge is 0.381 e. The number of hydrogen-bond donors (Lipinski definition) is 0. The van der Waals surface area contributed by atoms with Crippen LogP contribution in [0.1, 0.15) is 42.9 Å². The summed E-state index contributed by atoms with van der Waals surface area (Å²) in [5, 5.41) is 4.98. The summed E-state index contributed by atoms with van der Waals surface area (Å²) in [5.41, 5.74) is 2.84. The Balaban J connectivity index is 1.52. The van der Waals surface area contributed by atoms with Crippen LogP contribution in [0, 0.1) is 11.8 Å². The van der Waals surface area contributed by atoms with Crippen LogP contribution in [0.4, 0.5) is 5.69 Å². The maximum absolute atomic E-state index is 6.16. The Morgan fingerprint density at radius 1 is 1.14 bits per heavy atom. The van der Waals surface area contributed by atoms with Crippen molar-refractivity contribution in [3.8, 4) is 11.8 Å². The van der Waals surface area contributed by atoms with E-state index in [9.17, 15) is 0 Å². The lowest BCUT2D eigenvalue weighted by Crippen LogP contribution is -2.37. The molecule has 2 aliphatic rings. The molecule has 0 atom stereocenters. The molecule has 0 amide bonds. The van der Waals surface area contributed by atoms with Gasteiger partial charge in [-0.05, 0) is 25.7 Å². The van der Waals surface area contributed by atoms with Gasteiger partial charge in [-0.2, -0.15) is 5.10 Å². The normalized spacial score (nSPS) is 18.7.